The fourth-order valence-electron chi connectivity index (χ4n) is 8.62. The van der Waals surface area contributed by atoms with Crippen LogP contribution < -0.4 is 0 Å². The van der Waals surface area contributed by atoms with E-state index >= 15 is 0 Å². The minimum Gasteiger partial charge on any atom is -0.462 e. The van der Waals surface area contributed by atoms with E-state index in [1.54, 1.807) is 6.92 Å². The fraction of sp³-hybridized carbons (Fsp3) is 0.704. The number of rotatable bonds is 3. The molecule has 2 N–H and O–H groups in total. The summed E-state index contributed by atoms with van der Waals surface area (Å²) < 4.78 is 17.6. The van der Waals surface area contributed by atoms with Crippen molar-refractivity contribution in [1.82, 2.24) is 0 Å². The summed E-state index contributed by atoms with van der Waals surface area (Å²) in [6.45, 7) is 8.25. The van der Waals surface area contributed by atoms with Crippen molar-refractivity contribution in [2.45, 2.75) is 77.8 Å². The third-order valence-corrected chi connectivity index (χ3v) is 9.95. The lowest BCUT2D eigenvalue weighted by molar-refractivity contribution is -0.236. The van der Waals surface area contributed by atoms with Gasteiger partial charge in [0.15, 0.2) is 5.78 Å². The van der Waals surface area contributed by atoms with Crippen LogP contribution in [0.5, 0.6) is 0 Å². The molecule has 196 valence electrons. The minimum absolute atomic E-state index is 0.0439. The first-order chi connectivity index (χ1) is 16.7. The highest BCUT2D eigenvalue weighted by Crippen LogP contribution is 2.70. The molecule has 9 heteroatoms. The molecule has 2 heterocycles. The summed E-state index contributed by atoms with van der Waals surface area (Å²) in [7, 11) is 0. The zero-order valence-corrected chi connectivity index (χ0v) is 21.3. The molecule has 0 bridgehead atoms. The van der Waals surface area contributed by atoms with Crippen molar-refractivity contribution in [3.63, 3.8) is 0 Å². The molecule has 5 aliphatic rings. The Morgan fingerprint density at radius 1 is 1.14 bits per heavy atom. The third kappa shape index (κ3) is 3.14. The molecule has 1 saturated heterocycles. The van der Waals surface area contributed by atoms with Gasteiger partial charge in [-0.25, -0.2) is 4.79 Å². The van der Waals surface area contributed by atoms with E-state index < -0.39 is 75.8 Å². The molecule has 9 nitrogen and oxygen atoms in total. The number of aliphatic hydroxyl groups is 2. The van der Waals surface area contributed by atoms with E-state index in [0.717, 1.165) is 0 Å². The maximum Gasteiger partial charge on any atom is 0.331 e. The summed E-state index contributed by atoms with van der Waals surface area (Å²) in [5.74, 6) is -3.40. The molecule has 3 aliphatic carbocycles. The van der Waals surface area contributed by atoms with Gasteiger partial charge in [-0.1, -0.05) is 20.8 Å². The van der Waals surface area contributed by atoms with E-state index in [-0.39, 0.29) is 31.7 Å². The number of allylic oxidation sites excluding steroid dienone is 1. The number of carbonyl (C=O) groups is 4. The highest BCUT2D eigenvalue weighted by Gasteiger charge is 2.74. The lowest BCUT2D eigenvalue weighted by atomic mass is 9.37. The molecule has 5 rings (SSSR count). The number of esters is 3. The van der Waals surface area contributed by atoms with E-state index in [1.807, 2.05) is 20.8 Å². The van der Waals surface area contributed by atoms with E-state index in [0.29, 0.717) is 5.57 Å². The van der Waals surface area contributed by atoms with Crippen molar-refractivity contribution in [3.8, 4) is 0 Å². The van der Waals surface area contributed by atoms with Gasteiger partial charge >= 0.3 is 17.9 Å². The Labute approximate surface area is 209 Å². The molecular formula is C27H34O9. The predicted molar refractivity (Wildman–Crippen MR) is 124 cm³/mol. The Bertz CT molecular complexity index is 1100. The predicted octanol–water partition coefficient (Wildman–Crippen LogP) is 1.64. The molecule has 2 saturated carbocycles. The molecular weight excluding hydrogens is 468 g/mol. The monoisotopic (exact) mass is 502 g/mol. The summed E-state index contributed by atoms with van der Waals surface area (Å²) in [4.78, 5) is 51.2. The Morgan fingerprint density at radius 3 is 2.47 bits per heavy atom. The van der Waals surface area contributed by atoms with Gasteiger partial charge in [0.05, 0.1) is 18.6 Å². The largest absolute Gasteiger partial charge is 0.462 e. The molecule has 36 heavy (non-hydrogen) atoms. The van der Waals surface area contributed by atoms with Crippen LogP contribution in [-0.4, -0.2) is 64.4 Å². The Hall–Kier alpha value is -2.52. The average Bonchev–Trinajstić information content (AvgIpc) is 3.16. The second-order valence-electron chi connectivity index (χ2n) is 12.1. The SMILES string of the molecule is CC(=O)O[C@H]1C[C@@](C)([C@H]2OC(=O)C[C@@H]2CO)C2=CC(=O)O[C@@H]3C[C@@H]4[C@](C)(C(=O)C=C[C@@]4(C)O)[C@@H]1[C@]23C. The summed E-state index contributed by atoms with van der Waals surface area (Å²) in [5, 5.41) is 21.4. The summed E-state index contributed by atoms with van der Waals surface area (Å²) in [6.07, 6.45) is 2.51. The summed E-state index contributed by atoms with van der Waals surface area (Å²) in [6, 6.07) is 0. The maximum absolute atomic E-state index is 13.6. The van der Waals surface area contributed by atoms with Crippen LogP contribution in [0.1, 0.15) is 53.9 Å². The first kappa shape index (κ1) is 25.1. The Kier molecular flexibility index (Phi) is 5.41. The van der Waals surface area contributed by atoms with Crippen LogP contribution in [0, 0.1) is 34.0 Å². The number of hydrogen-bond acceptors (Lipinski definition) is 9. The van der Waals surface area contributed by atoms with Gasteiger partial charge in [0.2, 0.25) is 0 Å². The first-order valence-electron chi connectivity index (χ1n) is 12.6. The topological polar surface area (TPSA) is 136 Å². The van der Waals surface area contributed by atoms with Crippen molar-refractivity contribution in [2.24, 2.45) is 34.0 Å². The van der Waals surface area contributed by atoms with Gasteiger partial charge in [-0.05, 0) is 37.5 Å². The maximum atomic E-state index is 13.6. The van der Waals surface area contributed by atoms with E-state index in [9.17, 15) is 29.4 Å². The lowest BCUT2D eigenvalue weighted by Gasteiger charge is -2.68. The second-order valence-corrected chi connectivity index (χ2v) is 12.1. The molecule has 0 aromatic heterocycles. The van der Waals surface area contributed by atoms with Gasteiger partial charge in [0.1, 0.15) is 18.3 Å². The van der Waals surface area contributed by atoms with Crippen LogP contribution in [0.3, 0.4) is 0 Å². The molecule has 0 unspecified atom stereocenters. The lowest BCUT2D eigenvalue weighted by Crippen LogP contribution is -2.72. The van der Waals surface area contributed by atoms with Gasteiger partial charge in [-0.15, -0.1) is 0 Å². The van der Waals surface area contributed by atoms with Gasteiger partial charge in [0, 0.05) is 47.0 Å². The summed E-state index contributed by atoms with van der Waals surface area (Å²) in [5.41, 5.74) is -3.73. The first-order valence-corrected chi connectivity index (χ1v) is 12.6. The van der Waals surface area contributed by atoms with Gasteiger partial charge in [0.25, 0.3) is 0 Å². The highest BCUT2D eigenvalue weighted by atomic mass is 16.6. The number of carbonyl (C=O) groups excluding carboxylic acids is 4. The number of hydrogen-bond donors (Lipinski definition) is 2. The van der Waals surface area contributed by atoms with E-state index in [1.165, 1.54) is 25.2 Å². The number of ether oxygens (including phenoxy) is 3. The normalized spacial score (nSPS) is 49.4. The molecule has 0 aromatic carbocycles. The van der Waals surface area contributed by atoms with Crippen molar-refractivity contribution < 1.29 is 43.6 Å². The van der Waals surface area contributed by atoms with Crippen LogP contribution in [0.15, 0.2) is 23.8 Å². The van der Waals surface area contributed by atoms with Crippen LogP contribution in [0.2, 0.25) is 0 Å². The van der Waals surface area contributed by atoms with Crippen molar-refractivity contribution >= 4 is 23.7 Å². The van der Waals surface area contributed by atoms with Gasteiger partial charge < -0.3 is 24.4 Å². The smallest absolute Gasteiger partial charge is 0.331 e. The Morgan fingerprint density at radius 2 is 1.83 bits per heavy atom. The van der Waals surface area contributed by atoms with Gasteiger partial charge in [-0.3, -0.25) is 14.4 Å². The third-order valence-electron chi connectivity index (χ3n) is 9.95. The van der Waals surface area contributed by atoms with Crippen LogP contribution in [0.25, 0.3) is 0 Å². The molecule has 0 aromatic rings. The van der Waals surface area contributed by atoms with Crippen molar-refractivity contribution in [3.05, 3.63) is 23.8 Å². The van der Waals surface area contributed by atoms with E-state index in [2.05, 4.69) is 0 Å². The molecule has 0 radical (unpaired) electrons. The quantitative estimate of drug-likeness (QED) is 0.436. The highest BCUT2D eigenvalue weighted by molar-refractivity contribution is 5.97. The number of fused-ring (bicyclic) bond motifs is 2. The second kappa shape index (κ2) is 7.74. The van der Waals surface area contributed by atoms with E-state index in [4.69, 9.17) is 14.2 Å². The Balaban J connectivity index is 1.75. The molecule has 10 atom stereocenters. The molecule has 0 amide bonds. The molecule has 2 aliphatic heterocycles. The fourth-order valence-corrected chi connectivity index (χ4v) is 8.62. The minimum atomic E-state index is -1.35. The number of cyclic esters (lactones) is 1. The summed E-state index contributed by atoms with van der Waals surface area (Å²) >= 11 is 0. The molecule has 0 spiro atoms. The standard InChI is InChI=1S/C27H34O9/c1-13(29)34-15-11-24(2,23-14(12-28)8-20(31)36-23)16-10-21(32)35-19-9-17-25(3,33)7-6-18(30)26(17,4)22(15)27(16,19)5/h6-7,10,14-15,17,19,22-23,28,33H,8-9,11-12H2,1-5H3/t14-,15+,17+,19-,22-,23+,24-,25-,26-,27-/m1/s1. The van der Waals surface area contributed by atoms with Crippen LogP contribution >= 0.6 is 0 Å². The van der Waals surface area contributed by atoms with Gasteiger partial charge in [-0.2, -0.15) is 0 Å². The van der Waals surface area contributed by atoms with Crippen LogP contribution in [-0.2, 0) is 33.4 Å². The number of ketones is 1. The average molecular weight is 503 g/mol. The molecule has 3 fully saturated rings. The zero-order valence-electron chi connectivity index (χ0n) is 21.3. The zero-order chi connectivity index (χ0) is 26.4. The van der Waals surface area contributed by atoms with Crippen LogP contribution in [0.4, 0.5) is 0 Å². The number of aliphatic hydroxyl groups excluding tert-OH is 1. The van der Waals surface area contributed by atoms with Crippen molar-refractivity contribution in [1.29, 1.82) is 0 Å². The van der Waals surface area contributed by atoms with Crippen molar-refractivity contribution in [2.75, 3.05) is 6.61 Å².